The minimum atomic E-state index is -0.312. The van der Waals surface area contributed by atoms with Gasteiger partial charge < -0.3 is 19.3 Å². The first kappa shape index (κ1) is 22.3. The normalized spacial score (nSPS) is 15.9. The average molecular weight is 450 g/mol. The minimum absolute atomic E-state index is 0.0432. The van der Waals surface area contributed by atoms with Gasteiger partial charge in [-0.1, -0.05) is 40.6 Å². The third kappa shape index (κ3) is 4.67. The van der Waals surface area contributed by atoms with Crippen LogP contribution in [0.4, 0.5) is 0 Å². The number of nitrogens with zero attached hydrogens (tertiary/aromatic N) is 4. The van der Waals surface area contributed by atoms with Gasteiger partial charge in [-0.3, -0.25) is 9.59 Å². The van der Waals surface area contributed by atoms with E-state index in [1.54, 1.807) is 49.0 Å². The van der Waals surface area contributed by atoms with Crippen molar-refractivity contribution >= 4 is 11.8 Å². The van der Waals surface area contributed by atoms with E-state index in [0.717, 1.165) is 5.56 Å². The zero-order valence-electron chi connectivity index (χ0n) is 18.9. The molecule has 1 atom stereocenters. The molecule has 4 rings (SSSR count). The van der Waals surface area contributed by atoms with Crippen LogP contribution in [0.3, 0.4) is 0 Å². The predicted octanol–water partition coefficient (Wildman–Crippen LogP) is 3.01. The molecule has 1 aromatic heterocycles. The van der Waals surface area contributed by atoms with E-state index in [1.165, 1.54) is 0 Å². The quantitative estimate of drug-likeness (QED) is 0.569. The summed E-state index contributed by atoms with van der Waals surface area (Å²) in [6.07, 6.45) is 0. The van der Waals surface area contributed by atoms with E-state index in [0.29, 0.717) is 48.1 Å². The van der Waals surface area contributed by atoms with Crippen LogP contribution in [0.15, 0.2) is 53.2 Å². The lowest BCUT2D eigenvalue weighted by molar-refractivity contribution is -0.133. The van der Waals surface area contributed by atoms with Crippen LogP contribution in [0, 0.1) is 6.92 Å². The first-order chi connectivity index (χ1) is 16.0. The second-order valence-electron chi connectivity index (χ2n) is 7.80. The second-order valence-corrected chi connectivity index (χ2v) is 7.80. The number of aromatic nitrogens is 2. The van der Waals surface area contributed by atoms with Gasteiger partial charge in [-0.2, -0.15) is 0 Å². The molecule has 0 spiro atoms. The Bertz CT molecular complexity index is 1150. The number of methoxy groups -OCH3 is 1. The lowest BCUT2D eigenvalue weighted by Crippen LogP contribution is -2.52. The summed E-state index contributed by atoms with van der Waals surface area (Å²) in [4.78, 5) is 29.4. The van der Waals surface area contributed by atoms with Crippen molar-refractivity contribution in [3.63, 3.8) is 0 Å². The van der Waals surface area contributed by atoms with Gasteiger partial charge >= 0.3 is 0 Å². The minimum Gasteiger partial charge on any atom is -0.496 e. The van der Waals surface area contributed by atoms with Gasteiger partial charge in [-0.25, -0.2) is 4.63 Å². The van der Waals surface area contributed by atoms with Crippen molar-refractivity contribution in [2.24, 2.45) is 0 Å². The van der Waals surface area contributed by atoms with E-state index in [4.69, 9.17) is 14.1 Å². The molecule has 0 bridgehead atoms. The Morgan fingerprint density at radius 1 is 1.06 bits per heavy atom. The zero-order valence-corrected chi connectivity index (χ0v) is 18.9. The van der Waals surface area contributed by atoms with E-state index in [-0.39, 0.29) is 24.5 Å². The smallest absolute Gasteiger partial charge is 0.257 e. The van der Waals surface area contributed by atoms with Gasteiger partial charge in [-0.05, 0) is 25.1 Å². The Kier molecular flexibility index (Phi) is 6.58. The maximum absolute atomic E-state index is 13.5. The molecule has 33 heavy (non-hydrogen) atoms. The first-order valence-corrected chi connectivity index (χ1v) is 10.7. The maximum atomic E-state index is 13.5. The van der Waals surface area contributed by atoms with Gasteiger partial charge in [0.1, 0.15) is 29.5 Å². The molecule has 0 saturated carbocycles. The molecule has 2 aromatic carbocycles. The van der Waals surface area contributed by atoms with Crippen LogP contribution < -0.4 is 9.47 Å². The van der Waals surface area contributed by atoms with E-state index in [2.05, 4.69) is 10.3 Å². The van der Waals surface area contributed by atoms with Crippen LogP contribution in [0.5, 0.6) is 11.5 Å². The molecule has 2 heterocycles. The highest BCUT2D eigenvalue weighted by Crippen LogP contribution is 2.33. The van der Waals surface area contributed by atoms with E-state index in [9.17, 15) is 9.59 Å². The van der Waals surface area contributed by atoms with Crippen LogP contribution in [0.25, 0.3) is 0 Å². The number of rotatable bonds is 6. The SMILES string of the molecule is COc1ccccc1C1CN(C(=O)c2ccccc2OCc2nonc2C)CCN1C(C)=O. The summed E-state index contributed by atoms with van der Waals surface area (Å²) in [5.41, 5.74) is 2.52. The third-order valence-electron chi connectivity index (χ3n) is 5.80. The highest BCUT2D eigenvalue weighted by atomic mass is 16.6. The molecular formula is C24H26N4O5. The van der Waals surface area contributed by atoms with E-state index in [1.807, 2.05) is 30.3 Å². The number of benzene rings is 2. The van der Waals surface area contributed by atoms with E-state index < -0.39 is 0 Å². The van der Waals surface area contributed by atoms with Crippen LogP contribution >= 0.6 is 0 Å². The molecule has 1 fully saturated rings. The van der Waals surface area contributed by atoms with Crippen molar-refractivity contribution in [2.45, 2.75) is 26.5 Å². The summed E-state index contributed by atoms with van der Waals surface area (Å²) in [5.74, 6) is 0.929. The van der Waals surface area contributed by atoms with Crippen molar-refractivity contribution in [2.75, 3.05) is 26.7 Å². The largest absolute Gasteiger partial charge is 0.496 e. The van der Waals surface area contributed by atoms with Gasteiger partial charge in [-0.15, -0.1) is 0 Å². The third-order valence-corrected chi connectivity index (χ3v) is 5.80. The fourth-order valence-electron chi connectivity index (χ4n) is 4.02. The Balaban J connectivity index is 1.57. The van der Waals surface area contributed by atoms with Gasteiger partial charge in [0.25, 0.3) is 5.91 Å². The first-order valence-electron chi connectivity index (χ1n) is 10.7. The number of carbonyl (C=O) groups excluding carboxylic acids is 2. The van der Waals surface area contributed by atoms with Crippen LogP contribution in [0.1, 0.15) is 40.3 Å². The molecule has 9 nitrogen and oxygen atoms in total. The molecule has 1 aliphatic rings. The average Bonchev–Trinajstić information content (AvgIpc) is 3.26. The number of ether oxygens (including phenoxy) is 2. The molecular weight excluding hydrogens is 424 g/mol. The summed E-state index contributed by atoms with van der Waals surface area (Å²) in [6.45, 7) is 4.66. The fourth-order valence-corrected chi connectivity index (χ4v) is 4.02. The molecule has 0 N–H and O–H groups in total. The summed E-state index contributed by atoms with van der Waals surface area (Å²) in [5, 5.41) is 7.57. The standard InChI is InChI=1S/C24H26N4O5/c1-16-20(26-33-25-16)15-32-23-11-7-5-9-19(23)24(30)27-12-13-28(17(2)29)21(14-27)18-8-4-6-10-22(18)31-3/h4-11,21H,12-15H2,1-3H3. The topological polar surface area (TPSA) is 98.0 Å². The summed E-state index contributed by atoms with van der Waals surface area (Å²) in [7, 11) is 1.60. The zero-order chi connectivity index (χ0) is 23.4. The van der Waals surface area contributed by atoms with Crippen LogP contribution in [-0.2, 0) is 11.4 Å². The van der Waals surface area contributed by atoms with Gasteiger partial charge in [0.2, 0.25) is 5.91 Å². The van der Waals surface area contributed by atoms with Gasteiger partial charge in [0.15, 0.2) is 0 Å². The predicted molar refractivity (Wildman–Crippen MR) is 119 cm³/mol. The van der Waals surface area contributed by atoms with Gasteiger partial charge in [0.05, 0.1) is 18.7 Å². The fraction of sp³-hybridized carbons (Fsp3) is 0.333. The number of para-hydroxylation sites is 2. The number of carbonyl (C=O) groups is 2. The summed E-state index contributed by atoms with van der Waals surface area (Å²) >= 11 is 0. The molecule has 0 radical (unpaired) electrons. The number of hydrogen-bond acceptors (Lipinski definition) is 7. The molecule has 2 amide bonds. The molecule has 172 valence electrons. The molecule has 1 saturated heterocycles. The lowest BCUT2D eigenvalue weighted by atomic mass is 10.00. The van der Waals surface area contributed by atoms with Crippen molar-refractivity contribution in [3.8, 4) is 11.5 Å². The lowest BCUT2D eigenvalue weighted by Gasteiger charge is -2.41. The van der Waals surface area contributed by atoms with Crippen molar-refractivity contribution in [3.05, 3.63) is 71.0 Å². The number of aryl methyl sites for hydroxylation is 1. The van der Waals surface area contributed by atoms with Crippen LogP contribution in [-0.4, -0.2) is 58.7 Å². The molecule has 0 aliphatic carbocycles. The number of amides is 2. The maximum Gasteiger partial charge on any atom is 0.257 e. The summed E-state index contributed by atoms with van der Waals surface area (Å²) in [6, 6.07) is 14.4. The highest BCUT2D eigenvalue weighted by molar-refractivity contribution is 5.97. The summed E-state index contributed by atoms with van der Waals surface area (Å²) < 4.78 is 16.1. The Hall–Kier alpha value is -3.88. The Morgan fingerprint density at radius 3 is 2.48 bits per heavy atom. The van der Waals surface area contributed by atoms with Crippen molar-refractivity contribution in [1.29, 1.82) is 0 Å². The van der Waals surface area contributed by atoms with E-state index >= 15 is 0 Å². The monoisotopic (exact) mass is 450 g/mol. The van der Waals surface area contributed by atoms with Gasteiger partial charge in [0, 0.05) is 32.1 Å². The van der Waals surface area contributed by atoms with Crippen molar-refractivity contribution in [1.82, 2.24) is 20.1 Å². The molecule has 1 aliphatic heterocycles. The van der Waals surface area contributed by atoms with Crippen molar-refractivity contribution < 1.29 is 23.7 Å². The number of piperazine rings is 1. The molecule has 1 unspecified atom stereocenters. The highest BCUT2D eigenvalue weighted by Gasteiger charge is 2.34. The van der Waals surface area contributed by atoms with Crippen LogP contribution in [0.2, 0.25) is 0 Å². The molecule has 3 aromatic rings. The Labute approximate surface area is 191 Å². The molecule has 9 heteroatoms. The second kappa shape index (κ2) is 9.72. The number of hydrogen-bond donors (Lipinski definition) is 0. The Morgan fingerprint density at radius 2 is 1.79 bits per heavy atom.